The summed E-state index contributed by atoms with van der Waals surface area (Å²) in [4.78, 5) is 22.4. The Morgan fingerprint density at radius 3 is 2.61 bits per heavy atom. The Morgan fingerprint density at radius 2 is 2.03 bits per heavy atom. The Kier molecular flexibility index (Phi) is 7.65. The quantitative estimate of drug-likeness (QED) is 0.250. The lowest BCUT2D eigenvalue weighted by atomic mass is 9.95. The van der Waals surface area contributed by atoms with E-state index < -0.39 is 5.60 Å². The molecule has 0 N–H and O–H groups in total. The Balaban J connectivity index is 2.17. The van der Waals surface area contributed by atoms with E-state index in [1.54, 1.807) is 25.3 Å². The summed E-state index contributed by atoms with van der Waals surface area (Å²) in [6.07, 6.45) is 7.54. The van der Waals surface area contributed by atoms with Crippen molar-refractivity contribution < 1.29 is 14.3 Å². The van der Waals surface area contributed by atoms with E-state index in [0.29, 0.717) is 27.7 Å². The Bertz CT molecular complexity index is 1160. The van der Waals surface area contributed by atoms with Crippen LogP contribution in [0.1, 0.15) is 63.8 Å². The van der Waals surface area contributed by atoms with Gasteiger partial charge in [-0.25, -0.2) is 0 Å². The molecule has 0 amide bonds. The van der Waals surface area contributed by atoms with Crippen LogP contribution in [0.2, 0.25) is 5.02 Å². The first-order chi connectivity index (χ1) is 15.6. The van der Waals surface area contributed by atoms with Crippen LogP contribution in [0.25, 0.3) is 0 Å². The minimum atomic E-state index is -0.558. The zero-order chi connectivity index (χ0) is 24.2. The van der Waals surface area contributed by atoms with Gasteiger partial charge < -0.3 is 14.0 Å². The molecule has 0 radical (unpaired) electrons. The van der Waals surface area contributed by atoms with Crippen LogP contribution in [0.4, 0.5) is 0 Å². The number of thiazole rings is 1. The van der Waals surface area contributed by atoms with Crippen molar-refractivity contribution in [1.82, 2.24) is 4.57 Å². The number of hydrogen-bond acceptors (Lipinski definition) is 6. The highest BCUT2D eigenvalue weighted by molar-refractivity contribution is 7.09. The molecule has 0 bridgehead atoms. The summed E-state index contributed by atoms with van der Waals surface area (Å²) in [7, 11) is 1.54. The van der Waals surface area contributed by atoms with E-state index in [4.69, 9.17) is 26.1 Å². The van der Waals surface area contributed by atoms with Gasteiger partial charge in [-0.3, -0.25) is 4.79 Å². The Morgan fingerprint density at radius 1 is 1.33 bits per heavy atom. The average Bonchev–Trinajstić information content (AvgIpc) is 3.34. The number of amidine groups is 1. The molecule has 1 saturated carbocycles. The van der Waals surface area contributed by atoms with Gasteiger partial charge in [0.25, 0.3) is 0 Å². The third-order valence-corrected chi connectivity index (χ3v) is 7.23. The third kappa shape index (κ3) is 6.04. The number of esters is 1. The highest BCUT2D eigenvalue weighted by atomic mass is 35.5. The molecular weight excluding hydrogens is 460 g/mol. The number of nitrogens with zero attached hydrogens (tertiary/aromatic N) is 4. The van der Waals surface area contributed by atoms with Crippen molar-refractivity contribution in [3.8, 4) is 11.9 Å². The lowest BCUT2D eigenvalue weighted by Crippen LogP contribution is -2.38. The molecule has 0 unspecified atom stereocenters. The normalized spacial score (nSPS) is 16.5. The number of methoxy groups -OCH3 is 1. The minimum absolute atomic E-state index is 0.106. The van der Waals surface area contributed by atoms with E-state index in [0.717, 1.165) is 30.6 Å². The molecule has 3 rings (SSSR count). The molecule has 7 nitrogen and oxygen atoms in total. The van der Waals surface area contributed by atoms with Gasteiger partial charge in [-0.1, -0.05) is 32.4 Å². The molecule has 1 fully saturated rings. The SMILES string of the molecule is COc1ccc(Cl)cc1C(=NC#N)N=c1sc(C(C)(C)C)cn1CC1(OC(C)=O)CCCC1. The Hall–Kier alpha value is -2.63. The van der Waals surface area contributed by atoms with E-state index in [1.807, 2.05) is 10.8 Å². The average molecular weight is 489 g/mol. The molecule has 0 spiro atoms. The highest BCUT2D eigenvalue weighted by Gasteiger charge is 2.38. The third-order valence-electron chi connectivity index (χ3n) is 5.55. The van der Waals surface area contributed by atoms with E-state index in [1.165, 1.54) is 18.3 Å². The lowest BCUT2D eigenvalue weighted by molar-refractivity contribution is -0.158. The fraction of sp³-hybridized carbons (Fsp3) is 0.500. The molecule has 1 heterocycles. The first kappa shape index (κ1) is 25.0. The maximum absolute atomic E-state index is 11.9. The molecule has 33 heavy (non-hydrogen) atoms. The summed E-state index contributed by atoms with van der Waals surface area (Å²) in [5.41, 5.74) is -0.137. The van der Waals surface area contributed by atoms with Gasteiger partial charge in [-0.15, -0.1) is 11.3 Å². The molecule has 0 saturated heterocycles. The smallest absolute Gasteiger partial charge is 0.303 e. The number of nitriles is 1. The molecule has 0 aliphatic heterocycles. The van der Waals surface area contributed by atoms with Gasteiger partial charge in [0.2, 0.25) is 6.19 Å². The molecule has 2 aromatic rings. The van der Waals surface area contributed by atoms with Crippen LogP contribution in [0.15, 0.2) is 34.4 Å². The van der Waals surface area contributed by atoms with Gasteiger partial charge in [-0.2, -0.15) is 15.2 Å². The molecule has 1 aliphatic carbocycles. The molecular formula is C24H29ClN4O3S. The van der Waals surface area contributed by atoms with Crippen molar-refractivity contribution in [2.75, 3.05) is 7.11 Å². The summed E-state index contributed by atoms with van der Waals surface area (Å²) in [5, 5.41) is 9.84. The number of rotatable bonds is 5. The largest absolute Gasteiger partial charge is 0.496 e. The number of carbonyl (C=O) groups is 1. The van der Waals surface area contributed by atoms with Crippen LogP contribution in [0.3, 0.4) is 0 Å². The fourth-order valence-corrected chi connectivity index (χ4v) is 5.21. The Labute approximate surface area is 203 Å². The van der Waals surface area contributed by atoms with Crippen molar-refractivity contribution in [3.05, 3.63) is 44.7 Å². The second kappa shape index (κ2) is 10.1. The molecule has 9 heteroatoms. The van der Waals surface area contributed by atoms with Crippen molar-refractivity contribution in [2.45, 2.75) is 70.9 Å². The maximum atomic E-state index is 11.9. The number of halogens is 1. The first-order valence-electron chi connectivity index (χ1n) is 10.8. The van der Waals surface area contributed by atoms with Crippen LogP contribution in [-0.2, 0) is 21.5 Å². The molecule has 1 aromatic carbocycles. The molecule has 0 atom stereocenters. The minimum Gasteiger partial charge on any atom is -0.496 e. The molecule has 1 aromatic heterocycles. The van der Waals surface area contributed by atoms with Crippen molar-refractivity contribution >= 4 is 34.7 Å². The van der Waals surface area contributed by atoms with Gasteiger partial charge >= 0.3 is 5.97 Å². The number of hydrogen-bond donors (Lipinski definition) is 0. The van der Waals surface area contributed by atoms with Crippen LogP contribution in [-0.4, -0.2) is 29.1 Å². The fourth-order valence-electron chi connectivity index (χ4n) is 3.99. The summed E-state index contributed by atoms with van der Waals surface area (Å²) in [6, 6.07) is 5.11. The van der Waals surface area contributed by atoms with E-state index in [2.05, 4.69) is 32.0 Å². The highest BCUT2D eigenvalue weighted by Crippen LogP contribution is 2.35. The monoisotopic (exact) mass is 488 g/mol. The van der Waals surface area contributed by atoms with E-state index >= 15 is 0 Å². The number of aliphatic imine (C=N–C) groups is 1. The van der Waals surface area contributed by atoms with Crippen molar-refractivity contribution in [3.63, 3.8) is 0 Å². The second-order valence-electron chi connectivity index (χ2n) is 9.23. The topological polar surface area (TPSA) is 89.0 Å². The predicted octanol–water partition coefficient (Wildman–Crippen LogP) is 5.21. The van der Waals surface area contributed by atoms with Gasteiger partial charge in [0.1, 0.15) is 11.4 Å². The van der Waals surface area contributed by atoms with Gasteiger partial charge in [0.05, 0.1) is 19.2 Å². The molecule has 176 valence electrons. The van der Waals surface area contributed by atoms with Gasteiger partial charge in [-0.05, 0) is 49.3 Å². The van der Waals surface area contributed by atoms with E-state index in [9.17, 15) is 10.1 Å². The number of carbonyl (C=O) groups excluding carboxylic acids is 1. The maximum Gasteiger partial charge on any atom is 0.303 e. The van der Waals surface area contributed by atoms with Gasteiger partial charge in [0, 0.05) is 23.0 Å². The summed E-state index contributed by atoms with van der Waals surface area (Å²) in [6.45, 7) is 8.34. The van der Waals surface area contributed by atoms with E-state index in [-0.39, 0.29) is 17.2 Å². The second-order valence-corrected chi connectivity index (χ2v) is 10.7. The standard InChI is InChI=1S/C24H29ClN4O3S/c1-16(30)32-24(10-6-7-11-24)14-29-13-20(23(2,3)4)33-22(29)28-21(27-15-26)18-12-17(25)8-9-19(18)31-5/h8-9,12-13H,6-7,10-11,14H2,1-5H3. The number of benzene rings is 1. The van der Waals surface area contributed by atoms with Crippen molar-refractivity contribution in [2.24, 2.45) is 9.98 Å². The van der Waals surface area contributed by atoms with Crippen LogP contribution in [0, 0.1) is 11.5 Å². The van der Waals surface area contributed by atoms with Crippen LogP contribution >= 0.6 is 22.9 Å². The lowest BCUT2D eigenvalue weighted by Gasteiger charge is -2.29. The summed E-state index contributed by atoms with van der Waals surface area (Å²) < 4.78 is 13.3. The number of ether oxygens (including phenoxy) is 2. The molecule has 1 aliphatic rings. The number of aromatic nitrogens is 1. The summed E-state index contributed by atoms with van der Waals surface area (Å²) in [5.74, 6) is 0.446. The van der Waals surface area contributed by atoms with Crippen LogP contribution in [0.5, 0.6) is 5.75 Å². The predicted molar refractivity (Wildman–Crippen MR) is 130 cm³/mol. The first-order valence-corrected chi connectivity index (χ1v) is 12.0. The zero-order valence-corrected chi connectivity index (χ0v) is 21.2. The van der Waals surface area contributed by atoms with Gasteiger partial charge in [0.15, 0.2) is 10.6 Å². The zero-order valence-electron chi connectivity index (χ0n) is 19.6. The summed E-state index contributed by atoms with van der Waals surface area (Å²) >= 11 is 7.74. The van der Waals surface area contributed by atoms with Crippen molar-refractivity contribution in [1.29, 1.82) is 5.26 Å². The van der Waals surface area contributed by atoms with Crippen LogP contribution < -0.4 is 9.54 Å².